The Morgan fingerprint density at radius 1 is 1.11 bits per heavy atom. The van der Waals surface area contributed by atoms with Crippen LogP contribution in [-0.2, 0) is 0 Å². The van der Waals surface area contributed by atoms with Gasteiger partial charge in [0.1, 0.15) is 0 Å². The fourth-order valence-corrected chi connectivity index (χ4v) is 1.93. The van der Waals surface area contributed by atoms with E-state index in [4.69, 9.17) is 5.73 Å². The minimum atomic E-state index is -4.14. The number of rotatable bonds is 4. The summed E-state index contributed by atoms with van der Waals surface area (Å²) in [5.41, 5.74) is 6.98. The van der Waals surface area contributed by atoms with Gasteiger partial charge < -0.3 is 10.6 Å². The van der Waals surface area contributed by atoms with E-state index in [1.165, 1.54) is 11.0 Å². The molecule has 1 rings (SSSR count). The Labute approximate surface area is 105 Å². The molecule has 0 unspecified atom stereocenters. The van der Waals surface area contributed by atoms with Gasteiger partial charge in [0.25, 0.3) is 0 Å². The fraction of sp³-hybridized carbons (Fsp3) is 0.500. The number of allylic oxidation sites excluding steroid dienone is 2. The first-order chi connectivity index (χ1) is 8.37. The molecular weight excluding hydrogens is 243 g/mol. The number of halogens is 3. The maximum absolute atomic E-state index is 12.2. The van der Waals surface area contributed by atoms with Crippen LogP contribution in [0.25, 0.3) is 0 Å². The molecule has 0 atom stereocenters. The predicted octanol–water partition coefficient (Wildman–Crippen LogP) is 1.71. The number of hydrogen-bond donors (Lipinski definition) is 1. The van der Waals surface area contributed by atoms with Gasteiger partial charge in [-0.1, -0.05) is 13.2 Å². The molecule has 1 aliphatic rings. The van der Waals surface area contributed by atoms with E-state index in [1.54, 1.807) is 6.08 Å². The van der Waals surface area contributed by atoms with Gasteiger partial charge in [0.2, 0.25) is 0 Å². The Balaban J connectivity index is 2.58. The van der Waals surface area contributed by atoms with E-state index in [2.05, 4.69) is 13.2 Å². The Morgan fingerprint density at radius 3 is 2.06 bits per heavy atom. The summed E-state index contributed by atoms with van der Waals surface area (Å²) in [4.78, 5) is 3.32. The van der Waals surface area contributed by atoms with Crippen molar-refractivity contribution < 1.29 is 13.2 Å². The molecule has 102 valence electrons. The zero-order valence-corrected chi connectivity index (χ0v) is 10.2. The van der Waals surface area contributed by atoms with E-state index in [9.17, 15) is 13.2 Å². The highest BCUT2D eigenvalue weighted by Crippen LogP contribution is 2.19. The van der Waals surface area contributed by atoms with Crippen LogP contribution in [0, 0.1) is 0 Å². The molecule has 0 aliphatic carbocycles. The van der Waals surface area contributed by atoms with Gasteiger partial charge >= 0.3 is 6.18 Å². The van der Waals surface area contributed by atoms with E-state index in [1.807, 2.05) is 4.90 Å². The molecule has 0 aromatic heterocycles. The van der Waals surface area contributed by atoms with Crippen LogP contribution in [0.2, 0.25) is 0 Å². The van der Waals surface area contributed by atoms with Crippen molar-refractivity contribution in [2.24, 2.45) is 5.73 Å². The van der Waals surface area contributed by atoms with Crippen molar-refractivity contribution in [3.8, 4) is 0 Å². The highest BCUT2D eigenvalue weighted by molar-refractivity contribution is 5.28. The lowest BCUT2D eigenvalue weighted by Gasteiger charge is -2.37. The lowest BCUT2D eigenvalue weighted by Crippen LogP contribution is -2.48. The number of alkyl halides is 3. The van der Waals surface area contributed by atoms with Crippen LogP contribution in [0.1, 0.15) is 0 Å². The summed E-state index contributed by atoms with van der Waals surface area (Å²) in [5, 5.41) is 0. The van der Waals surface area contributed by atoms with Crippen molar-refractivity contribution in [2.75, 3.05) is 32.7 Å². The highest BCUT2D eigenvalue weighted by Gasteiger charge is 2.32. The summed E-state index contributed by atoms with van der Waals surface area (Å²) in [6.45, 7) is 8.11. The van der Waals surface area contributed by atoms with Crippen molar-refractivity contribution in [2.45, 2.75) is 6.18 Å². The standard InChI is InChI=1S/C12H18F3N3/c1-3-10(16)11(4-2)18-7-5-17(6-8-18)9-12(13,14)15/h3-4H,1-2,5-9,16H2/b11-10-. The molecule has 1 heterocycles. The molecule has 0 amide bonds. The second-order valence-electron chi connectivity index (χ2n) is 4.13. The molecule has 0 bridgehead atoms. The van der Waals surface area contributed by atoms with Gasteiger partial charge in [-0.3, -0.25) is 4.90 Å². The van der Waals surface area contributed by atoms with Gasteiger partial charge in [-0.05, 0) is 12.2 Å². The first-order valence-corrected chi connectivity index (χ1v) is 5.66. The fourth-order valence-electron chi connectivity index (χ4n) is 1.93. The lowest BCUT2D eigenvalue weighted by molar-refractivity contribution is -0.148. The van der Waals surface area contributed by atoms with Crippen LogP contribution in [0.15, 0.2) is 36.7 Å². The minimum Gasteiger partial charge on any atom is -0.397 e. The number of piperazine rings is 1. The van der Waals surface area contributed by atoms with Crippen molar-refractivity contribution in [3.63, 3.8) is 0 Å². The molecule has 0 spiro atoms. The third-order valence-corrected chi connectivity index (χ3v) is 2.82. The summed E-state index contributed by atoms with van der Waals surface area (Å²) < 4.78 is 36.7. The van der Waals surface area contributed by atoms with Crippen molar-refractivity contribution in [1.29, 1.82) is 0 Å². The quantitative estimate of drug-likeness (QED) is 0.782. The van der Waals surface area contributed by atoms with Crippen LogP contribution in [0.4, 0.5) is 13.2 Å². The minimum absolute atomic E-state index is 0.362. The Bertz CT molecular complexity index is 339. The molecule has 1 fully saturated rings. The van der Waals surface area contributed by atoms with Gasteiger partial charge in [0, 0.05) is 26.2 Å². The number of nitrogens with two attached hydrogens (primary N) is 1. The van der Waals surface area contributed by atoms with Crippen LogP contribution in [0.3, 0.4) is 0 Å². The monoisotopic (exact) mass is 261 g/mol. The summed E-state index contributed by atoms with van der Waals surface area (Å²) in [7, 11) is 0. The van der Waals surface area contributed by atoms with Crippen molar-refractivity contribution in [3.05, 3.63) is 36.7 Å². The van der Waals surface area contributed by atoms with Crippen molar-refractivity contribution in [1.82, 2.24) is 9.80 Å². The molecule has 6 heteroatoms. The van der Waals surface area contributed by atoms with Gasteiger partial charge in [0.15, 0.2) is 0 Å². The normalized spacial score (nSPS) is 19.4. The molecule has 0 aromatic rings. The van der Waals surface area contributed by atoms with Crippen LogP contribution >= 0.6 is 0 Å². The van der Waals surface area contributed by atoms with Crippen molar-refractivity contribution >= 4 is 0 Å². The molecule has 3 nitrogen and oxygen atoms in total. The van der Waals surface area contributed by atoms with Crippen LogP contribution in [-0.4, -0.2) is 48.7 Å². The summed E-state index contributed by atoms with van der Waals surface area (Å²) >= 11 is 0. The van der Waals surface area contributed by atoms with Gasteiger partial charge in [-0.2, -0.15) is 13.2 Å². The highest BCUT2D eigenvalue weighted by atomic mass is 19.4. The largest absolute Gasteiger partial charge is 0.401 e. The third-order valence-electron chi connectivity index (χ3n) is 2.82. The lowest BCUT2D eigenvalue weighted by atomic mass is 10.2. The van der Waals surface area contributed by atoms with Crippen LogP contribution in [0.5, 0.6) is 0 Å². The zero-order valence-electron chi connectivity index (χ0n) is 10.2. The zero-order chi connectivity index (χ0) is 13.8. The first-order valence-electron chi connectivity index (χ1n) is 5.66. The molecule has 0 aromatic carbocycles. The van der Waals surface area contributed by atoms with Gasteiger partial charge in [-0.15, -0.1) is 0 Å². The smallest absolute Gasteiger partial charge is 0.397 e. The van der Waals surface area contributed by atoms with E-state index in [-0.39, 0.29) is 0 Å². The predicted molar refractivity (Wildman–Crippen MR) is 65.7 cm³/mol. The first kappa shape index (κ1) is 14.6. The maximum Gasteiger partial charge on any atom is 0.401 e. The van der Waals surface area contributed by atoms with E-state index >= 15 is 0 Å². The van der Waals surface area contributed by atoms with Crippen LogP contribution < -0.4 is 5.73 Å². The second kappa shape index (κ2) is 5.95. The Kier molecular flexibility index (Phi) is 4.84. The summed E-state index contributed by atoms with van der Waals surface area (Å²) in [6, 6.07) is 0. The summed E-state index contributed by atoms with van der Waals surface area (Å²) in [6.07, 6.45) is -1.02. The van der Waals surface area contributed by atoms with Gasteiger partial charge in [-0.25, -0.2) is 0 Å². The average molecular weight is 261 g/mol. The topological polar surface area (TPSA) is 32.5 Å². The molecular formula is C12H18F3N3. The Hall–Kier alpha value is -1.43. The molecule has 1 aliphatic heterocycles. The third kappa shape index (κ3) is 4.10. The number of hydrogen-bond acceptors (Lipinski definition) is 3. The van der Waals surface area contributed by atoms with E-state index in [0.29, 0.717) is 31.9 Å². The maximum atomic E-state index is 12.2. The number of nitrogens with zero attached hydrogens (tertiary/aromatic N) is 2. The molecule has 1 saturated heterocycles. The molecule has 0 saturated carbocycles. The van der Waals surface area contributed by atoms with E-state index < -0.39 is 12.7 Å². The SMILES string of the molecule is C=C/C(N)=C(\C=C)N1CCN(CC(F)(F)F)CC1. The molecule has 2 N–H and O–H groups in total. The Morgan fingerprint density at radius 2 is 1.67 bits per heavy atom. The van der Waals surface area contributed by atoms with Gasteiger partial charge in [0.05, 0.1) is 17.9 Å². The summed E-state index contributed by atoms with van der Waals surface area (Å²) in [5.74, 6) is 0. The van der Waals surface area contributed by atoms with E-state index in [0.717, 1.165) is 5.70 Å². The molecule has 18 heavy (non-hydrogen) atoms. The average Bonchev–Trinajstić information content (AvgIpc) is 2.30. The molecule has 0 radical (unpaired) electrons. The second-order valence-corrected chi connectivity index (χ2v) is 4.13.